The molecule has 0 aliphatic carbocycles. The summed E-state index contributed by atoms with van der Waals surface area (Å²) in [4.78, 5) is 11.7. The van der Waals surface area contributed by atoms with Crippen LogP contribution >= 0.6 is 0 Å². The first-order valence-electron chi connectivity index (χ1n) is 11.3. The van der Waals surface area contributed by atoms with Crippen molar-refractivity contribution in [3.8, 4) is 0 Å². The Kier molecular flexibility index (Phi) is 7.37. The molecule has 5 atom stereocenters. The number of carbonyl (C=O) groups excluding carboxylic acids is 1. The maximum absolute atomic E-state index is 11.7. The van der Waals surface area contributed by atoms with Gasteiger partial charge in [-0.2, -0.15) is 0 Å². The van der Waals surface area contributed by atoms with E-state index in [0.29, 0.717) is 19.8 Å². The van der Waals surface area contributed by atoms with Gasteiger partial charge in [-0.15, -0.1) is 0 Å². The van der Waals surface area contributed by atoms with E-state index in [1.165, 1.54) is 0 Å². The van der Waals surface area contributed by atoms with Gasteiger partial charge in [0.2, 0.25) is 0 Å². The SMILES string of the molecule is CC1(C)O[C@H]2[C@@H](O1)[C@@H](COC/C=C/CNC(=O)OCc1ccccc1)O[C@@H]1OC(C)(C)O[C@@H]12. The summed E-state index contributed by atoms with van der Waals surface area (Å²) in [5.41, 5.74) is 0.938. The average Bonchev–Trinajstić information content (AvgIpc) is 3.26. The van der Waals surface area contributed by atoms with Crippen molar-refractivity contribution in [2.24, 2.45) is 0 Å². The van der Waals surface area contributed by atoms with Crippen molar-refractivity contribution < 1.29 is 38.0 Å². The first kappa shape index (κ1) is 24.1. The van der Waals surface area contributed by atoms with Crippen LogP contribution in [0.1, 0.15) is 33.3 Å². The number of benzene rings is 1. The van der Waals surface area contributed by atoms with Crippen molar-refractivity contribution >= 4 is 6.09 Å². The molecule has 3 aliphatic heterocycles. The number of amides is 1. The van der Waals surface area contributed by atoms with E-state index in [1.807, 2.05) is 64.1 Å². The van der Waals surface area contributed by atoms with Crippen LogP contribution in [0.25, 0.3) is 0 Å². The molecule has 182 valence electrons. The van der Waals surface area contributed by atoms with E-state index in [0.717, 1.165) is 5.56 Å². The molecular weight excluding hydrogens is 430 g/mol. The lowest BCUT2D eigenvalue weighted by Gasteiger charge is -2.37. The quantitative estimate of drug-likeness (QED) is 0.465. The normalized spacial score (nSPS) is 31.8. The Morgan fingerprint density at radius 3 is 2.45 bits per heavy atom. The molecule has 0 saturated carbocycles. The fourth-order valence-electron chi connectivity index (χ4n) is 4.15. The molecule has 9 heteroatoms. The lowest BCUT2D eigenvalue weighted by atomic mass is 9.99. The van der Waals surface area contributed by atoms with E-state index in [4.69, 9.17) is 33.2 Å². The van der Waals surface area contributed by atoms with Crippen molar-refractivity contribution in [3.05, 3.63) is 48.0 Å². The number of fused-ring (bicyclic) bond motifs is 3. The summed E-state index contributed by atoms with van der Waals surface area (Å²) >= 11 is 0. The van der Waals surface area contributed by atoms with Crippen LogP contribution in [0.3, 0.4) is 0 Å². The molecule has 3 saturated heterocycles. The molecule has 3 fully saturated rings. The number of alkyl carbamates (subject to hydrolysis) is 1. The highest BCUT2D eigenvalue weighted by Gasteiger charge is 2.60. The Morgan fingerprint density at radius 2 is 1.67 bits per heavy atom. The summed E-state index contributed by atoms with van der Waals surface area (Å²) in [5.74, 6) is -1.48. The zero-order valence-corrected chi connectivity index (χ0v) is 19.5. The smallest absolute Gasteiger partial charge is 0.407 e. The van der Waals surface area contributed by atoms with Crippen molar-refractivity contribution in [1.29, 1.82) is 0 Å². The van der Waals surface area contributed by atoms with Crippen LogP contribution in [0.2, 0.25) is 0 Å². The summed E-state index contributed by atoms with van der Waals surface area (Å²) in [5, 5.41) is 2.67. The molecule has 4 rings (SSSR count). The minimum atomic E-state index is -0.746. The van der Waals surface area contributed by atoms with Crippen LogP contribution in [0.5, 0.6) is 0 Å². The second kappa shape index (κ2) is 10.1. The zero-order chi connectivity index (χ0) is 23.5. The first-order chi connectivity index (χ1) is 15.7. The Morgan fingerprint density at radius 1 is 0.970 bits per heavy atom. The highest BCUT2D eigenvalue weighted by molar-refractivity contribution is 5.67. The van der Waals surface area contributed by atoms with E-state index in [9.17, 15) is 4.79 Å². The number of hydrogen-bond donors (Lipinski definition) is 1. The molecule has 33 heavy (non-hydrogen) atoms. The Balaban J connectivity index is 1.17. The van der Waals surface area contributed by atoms with E-state index < -0.39 is 24.0 Å². The number of hydrogen-bond acceptors (Lipinski definition) is 8. The summed E-state index contributed by atoms with van der Waals surface area (Å²) in [6.07, 6.45) is 1.32. The largest absolute Gasteiger partial charge is 0.445 e. The van der Waals surface area contributed by atoms with Gasteiger partial charge in [0, 0.05) is 6.54 Å². The maximum atomic E-state index is 11.7. The standard InChI is InChI=1S/C24H33NO8/c1-23(2)30-18-17(29-21-20(19(18)31-23)32-24(3,4)33-21)15-27-13-9-8-12-25-22(26)28-14-16-10-6-5-7-11-16/h5-11,17-21H,12-15H2,1-4H3,(H,25,26)/b9-8+/t17-,18+,19+,20-,21-/m1/s1. The topological polar surface area (TPSA) is 93.7 Å². The molecule has 1 aromatic carbocycles. The van der Waals surface area contributed by atoms with Crippen LogP contribution < -0.4 is 5.32 Å². The number of rotatable bonds is 8. The van der Waals surface area contributed by atoms with Crippen LogP contribution in [0.4, 0.5) is 4.79 Å². The molecule has 1 amide bonds. The predicted molar refractivity (Wildman–Crippen MR) is 117 cm³/mol. The molecule has 3 heterocycles. The fourth-order valence-corrected chi connectivity index (χ4v) is 4.15. The van der Waals surface area contributed by atoms with Crippen molar-refractivity contribution in [2.75, 3.05) is 19.8 Å². The predicted octanol–water partition coefficient (Wildman–Crippen LogP) is 2.88. The minimum absolute atomic E-state index is 0.236. The Hall–Kier alpha value is -2.01. The van der Waals surface area contributed by atoms with Crippen molar-refractivity contribution in [1.82, 2.24) is 5.32 Å². The maximum Gasteiger partial charge on any atom is 0.407 e. The van der Waals surface area contributed by atoms with Gasteiger partial charge in [-0.05, 0) is 33.3 Å². The Labute approximate surface area is 194 Å². The summed E-state index contributed by atoms with van der Waals surface area (Å²) in [6.45, 7) is 8.71. The van der Waals surface area contributed by atoms with Gasteiger partial charge in [0.1, 0.15) is 31.0 Å². The fraction of sp³-hybridized carbons (Fsp3) is 0.625. The van der Waals surface area contributed by atoms with E-state index in [1.54, 1.807) is 6.08 Å². The third-order valence-corrected chi connectivity index (χ3v) is 5.49. The van der Waals surface area contributed by atoms with E-state index >= 15 is 0 Å². The highest BCUT2D eigenvalue weighted by Crippen LogP contribution is 2.44. The first-order valence-corrected chi connectivity index (χ1v) is 11.3. The van der Waals surface area contributed by atoms with Gasteiger partial charge >= 0.3 is 6.09 Å². The lowest BCUT2D eigenvalue weighted by molar-refractivity contribution is -0.242. The minimum Gasteiger partial charge on any atom is -0.445 e. The summed E-state index contributed by atoms with van der Waals surface area (Å²) in [6, 6.07) is 9.52. The van der Waals surface area contributed by atoms with Crippen LogP contribution in [0, 0.1) is 0 Å². The Bertz CT molecular complexity index is 827. The highest BCUT2D eigenvalue weighted by atomic mass is 16.9. The van der Waals surface area contributed by atoms with Crippen molar-refractivity contribution in [3.63, 3.8) is 0 Å². The molecule has 1 N–H and O–H groups in total. The molecule has 0 aromatic heterocycles. The molecule has 9 nitrogen and oxygen atoms in total. The molecule has 0 unspecified atom stereocenters. The number of ether oxygens (including phenoxy) is 7. The van der Waals surface area contributed by atoms with Gasteiger partial charge in [-0.3, -0.25) is 0 Å². The zero-order valence-electron chi connectivity index (χ0n) is 19.5. The van der Waals surface area contributed by atoms with Crippen LogP contribution in [-0.2, 0) is 39.8 Å². The van der Waals surface area contributed by atoms with Gasteiger partial charge in [0.25, 0.3) is 0 Å². The molecular formula is C24H33NO8. The molecule has 0 spiro atoms. The molecule has 0 bridgehead atoms. The van der Waals surface area contributed by atoms with Gasteiger partial charge in [0.15, 0.2) is 17.9 Å². The third kappa shape index (κ3) is 6.32. The monoisotopic (exact) mass is 463 g/mol. The van der Waals surface area contributed by atoms with E-state index in [2.05, 4.69) is 5.32 Å². The number of carbonyl (C=O) groups is 1. The van der Waals surface area contributed by atoms with E-state index in [-0.39, 0.29) is 31.0 Å². The van der Waals surface area contributed by atoms with Crippen LogP contribution in [-0.4, -0.2) is 68.1 Å². The lowest BCUT2D eigenvalue weighted by Crippen LogP contribution is -2.56. The van der Waals surface area contributed by atoms with Gasteiger partial charge in [-0.25, -0.2) is 4.79 Å². The molecule has 1 aromatic rings. The van der Waals surface area contributed by atoms with Gasteiger partial charge in [-0.1, -0.05) is 42.5 Å². The molecule has 3 aliphatic rings. The summed E-state index contributed by atoms with van der Waals surface area (Å²) < 4.78 is 41.1. The second-order valence-corrected chi connectivity index (χ2v) is 9.16. The summed E-state index contributed by atoms with van der Waals surface area (Å²) in [7, 11) is 0. The van der Waals surface area contributed by atoms with Gasteiger partial charge < -0.3 is 38.5 Å². The number of nitrogens with one attached hydrogen (secondary N) is 1. The van der Waals surface area contributed by atoms with Crippen LogP contribution in [0.15, 0.2) is 42.5 Å². The second-order valence-electron chi connectivity index (χ2n) is 9.16. The van der Waals surface area contributed by atoms with Gasteiger partial charge in [0.05, 0.1) is 13.2 Å². The molecule has 0 radical (unpaired) electrons. The van der Waals surface area contributed by atoms with Crippen molar-refractivity contribution in [2.45, 2.75) is 76.6 Å². The average molecular weight is 464 g/mol. The third-order valence-electron chi connectivity index (χ3n) is 5.49.